The lowest BCUT2D eigenvalue weighted by Gasteiger charge is -2.02. The van der Waals surface area contributed by atoms with Gasteiger partial charge in [0.25, 0.3) is 5.56 Å². The van der Waals surface area contributed by atoms with Crippen molar-refractivity contribution in [3.05, 3.63) is 28.2 Å². The first-order valence-electron chi connectivity index (χ1n) is 4.16. The largest absolute Gasteiger partial charge is 0.294 e. The Balaban J connectivity index is 2.68. The Morgan fingerprint density at radius 3 is 3.00 bits per heavy atom. The van der Waals surface area contributed by atoms with Crippen LogP contribution in [0.1, 0.15) is 12.0 Å². The Labute approximate surface area is 80.7 Å². The molecule has 0 radical (unpaired) electrons. The van der Waals surface area contributed by atoms with E-state index in [1.807, 2.05) is 5.43 Å². The summed E-state index contributed by atoms with van der Waals surface area (Å²) in [7, 11) is 0. The molecule has 0 aliphatic rings. The molecule has 0 atom stereocenters. The highest BCUT2D eigenvalue weighted by Crippen LogP contribution is 1.88. The summed E-state index contributed by atoms with van der Waals surface area (Å²) < 4.78 is 1.22. The number of aryl methyl sites for hydroxylation is 2. The Bertz CT molecular complexity index is 385. The highest BCUT2D eigenvalue weighted by Gasteiger charge is 2.01. The molecule has 1 aromatic rings. The Morgan fingerprint density at radius 1 is 1.71 bits per heavy atom. The number of carbonyl (C=O) groups is 1. The fraction of sp³-hybridized carbons (Fsp3) is 0.375. The zero-order chi connectivity index (χ0) is 10.6. The van der Waals surface area contributed by atoms with Crippen molar-refractivity contribution in [1.82, 2.24) is 15.2 Å². The molecule has 6 heteroatoms. The van der Waals surface area contributed by atoms with Gasteiger partial charge in [-0.15, -0.1) is 0 Å². The number of carbonyl (C=O) groups excluding carboxylic acids is 1. The first kappa shape index (κ1) is 10.4. The van der Waals surface area contributed by atoms with Crippen molar-refractivity contribution in [3.63, 3.8) is 0 Å². The predicted octanol–water partition coefficient (Wildman–Crippen LogP) is -1.07. The van der Waals surface area contributed by atoms with Crippen LogP contribution in [0.15, 0.2) is 17.1 Å². The lowest BCUT2D eigenvalue weighted by atomic mass is 10.3. The van der Waals surface area contributed by atoms with Crippen molar-refractivity contribution in [2.45, 2.75) is 19.9 Å². The smallest absolute Gasteiger partial charge is 0.266 e. The van der Waals surface area contributed by atoms with Gasteiger partial charge in [-0.3, -0.25) is 15.0 Å². The summed E-state index contributed by atoms with van der Waals surface area (Å²) >= 11 is 0. The van der Waals surface area contributed by atoms with E-state index in [1.54, 1.807) is 13.1 Å². The number of amides is 1. The van der Waals surface area contributed by atoms with E-state index in [0.717, 1.165) is 5.56 Å². The number of nitrogens with two attached hydrogens (primary N) is 1. The molecular weight excluding hydrogens is 184 g/mol. The molecule has 1 aromatic heterocycles. The van der Waals surface area contributed by atoms with E-state index < -0.39 is 0 Å². The lowest BCUT2D eigenvalue weighted by molar-refractivity contribution is -0.121. The average molecular weight is 196 g/mol. The minimum Gasteiger partial charge on any atom is -0.294 e. The minimum atomic E-state index is -0.320. The van der Waals surface area contributed by atoms with Gasteiger partial charge >= 0.3 is 0 Å². The fourth-order valence-corrected chi connectivity index (χ4v) is 0.972. The van der Waals surface area contributed by atoms with E-state index in [0.29, 0.717) is 0 Å². The zero-order valence-electron chi connectivity index (χ0n) is 7.86. The molecule has 0 aromatic carbocycles. The maximum Gasteiger partial charge on any atom is 0.266 e. The molecule has 0 saturated carbocycles. The maximum absolute atomic E-state index is 11.3. The van der Waals surface area contributed by atoms with Crippen LogP contribution in [0.5, 0.6) is 0 Å². The molecule has 14 heavy (non-hydrogen) atoms. The monoisotopic (exact) mass is 196 g/mol. The number of nitrogens with one attached hydrogen (secondary N) is 1. The molecule has 3 N–H and O–H groups in total. The second-order valence-corrected chi connectivity index (χ2v) is 2.91. The van der Waals surface area contributed by atoms with Crippen molar-refractivity contribution in [1.29, 1.82) is 0 Å². The summed E-state index contributed by atoms with van der Waals surface area (Å²) in [5, 5.41) is 3.87. The molecule has 6 nitrogen and oxygen atoms in total. The Kier molecular flexibility index (Phi) is 3.35. The van der Waals surface area contributed by atoms with Gasteiger partial charge in [-0.25, -0.2) is 10.5 Å². The molecular formula is C8H12N4O2. The SMILES string of the molecule is Cc1cnn(CCC(=O)NN)c(=O)c1. The van der Waals surface area contributed by atoms with Crippen LogP contribution in [0.3, 0.4) is 0 Å². The summed E-state index contributed by atoms with van der Waals surface area (Å²) in [6, 6.07) is 1.47. The van der Waals surface area contributed by atoms with Crippen LogP contribution < -0.4 is 16.8 Å². The average Bonchev–Trinajstić information content (AvgIpc) is 2.16. The van der Waals surface area contributed by atoms with Gasteiger partial charge in [0, 0.05) is 12.5 Å². The summed E-state index contributed by atoms with van der Waals surface area (Å²) in [6.45, 7) is 2.02. The molecule has 0 saturated heterocycles. The molecule has 1 amide bonds. The number of aromatic nitrogens is 2. The van der Waals surface area contributed by atoms with Gasteiger partial charge in [0.05, 0.1) is 12.7 Å². The third-order valence-corrected chi connectivity index (χ3v) is 1.72. The van der Waals surface area contributed by atoms with Crippen LogP contribution in [-0.4, -0.2) is 15.7 Å². The van der Waals surface area contributed by atoms with Gasteiger partial charge in [-0.2, -0.15) is 5.10 Å². The Morgan fingerprint density at radius 2 is 2.43 bits per heavy atom. The van der Waals surface area contributed by atoms with E-state index in [1.165, 1.54) is 10.7 Å². The number of hydrazine groups is 1. The van der Waals surface area contributed by atoms with Crippen LogP contribution in [0, 0.1) is 6.92 Å². The molecule has 0 unspecified atom stereocenters. The van der Waals surface area contributed by atoms with Gasteiger partial charge in [-0.05, 0) is 12.5 Å². The van der Waals surface area contributed by atoms with Gasteiger partial charge in [0.2, 0.25) is 5.91 Å². The highest BCUT2D eigenvalue weighted by molar-refractivity contribution is 5.74. The molecule has 1 rings (SSSR count). The minimum absolute atomic E-state index is 0.145. The van der Waals surface area contributed by atoms with E-state index in [2.05, 4.69) is 5.10 Å². The van der Waals surface area contributed by atoms with Crippen molar-refractivity contribution in [2.24, 2.45) is 5.84 Å². The first-order chi connectivity index (χ1) is 6.63. The summed E-state index contributed by atoms with van der Waals surface area (Å²) in [6.07, 6.45) is 1.72. The number of nitrogens with zero attached hydrogens (tertiary/aromatic N) is 2. The van der Waals surface area contributed by atoms with Crippen molar-refractivity contribution in [2.75, 3.05) is 0 Å². The first-order valence-corrected chi connectivity index (χ1v) is 4.16. The van der Waals surface area contributed by atoms with Gasteiger partial charge < -0.3 is 0 Å². The van der Waals surface area contributed by atoms with Crippen LogP contribution in [-0.2, 0) is 11.3 Å². The number of hydrogen-bond donors (Lipinski definition) is 2. The van der Waals surface area contributed by atoms with E-state index in [4.69, 9.17) is 5.84 Å². The van der Waals surface area contributed by atoms with E-state index in [9.17, 15) is 9.59 Å². The predicted molar refractivity (Wildman–Crippen MR) is 50.2 cm³/mol. The van der Waals surface area contributed by atoms with E-state index >= 15 is 0 Å². The maximum atomic E-state index is 11.3. The van der Waals surface area contributed by atoms with Crippen LogP contribution in [0.4, 0.5) is 0 Å². The van der Waals surface area contributed by atoms with Gasteiger partial charge in [0.15, 0.2) is 0 Å². The van der Waals surface area contributed by atoms with Crippen LogP contribution in [0.2, 0.25) is 0 Å². The van der Waals surface area contributed by atoms with Crippen LogP contribution >= 0.6 is 0 Å². The fourth-order valence-electron chi connectivity index (χ4n) is 0.972. The molecule has 0 bridgehead atoms. The normalized spacial score (nSPS) is 9.86. The second-order valence-electron chi connectivity index (χ2n) is 2.91. The summed E-state index contributed by atoms with van der Waals surface area (Å²) in [5.41, 5.74) is 2.57. The van der Waals surface area contributed by atoms with E-state index in [-0.39, 0.29) is 24.4 Å². The van der Waals surface area contributed by atoms with Crippen molar-refractivity contribution >= 4 is 5.91 Å². The summed E-state index contributed by atoms with van der Waals surface area (Å²) in [5.74, 6) is 4.57. The highest BCUT2D eigenvalue weighted by atomic mass is 16.2. The number of hydrogen-bond acceptors (Lipinski definition) is 4. The molecule has 0 aliphatic heterocycles. The van der Waals surface area contributed by atoms with Gasteiger partial charge in [0.1, 0.15) is 0 Å². The second kappa shape index (κ2) is 4.52. The van der Waals surface area contributed by atoms with Gasteiger partial charge in [-0.1, -0.05) is 0 Å². The van der Waals surface area contributed by atoms with Crippen molar-refractivity contribution in [3.8, 4) is 0 Å². The molecule has 1 heterocycles. The standard InChI is InChI=1S/C8H12N4O2/c1-6-4-8(14)12(10-5-6)3-2-7(13)11-9/h4-5H,2-3,9H2,1H3,(H,11,13). The Hall–Kier alpha value is -1.69. The molecule has 0 spiro atoms. The lowest BCUT2D eigenvalue weighted by Crippen LogP contribution is -2.32. The number of rotatable bonds is 3. The third-order valence-electron chi connectivity index (χ3n) is 1.72. The molecule has 76 valence electrons. The molecule has 0 aliphatic carbocycles. The van der Waals surface area contributed by atoms with Crippen molar-refractivity contribution < 1.29 is 4.79 Å². The summed E-state index contributed by atoms with van der Waals surface area (Å²) in [4.78, 5) is 22.1. The quantitative estimate of drug-likeness (QED) is 0.366. The topological polar surface area (TPSA) is 90.0 Å². The zero-order valence-corrected chi connectivity index (χ0v) is 7.86. The molecule has 0 fully saturated rings. The third kappa shape index (κ3) is 2.67. The van der Waals surface area contributed by atoms with Crippen LogP contribution in [0.25, 0.3) is 0 Å².